The lowest BCUT2D eigenvalue weighted by molar-refractivity contribution is -0.137. The van der Waals surface area contributed by atoms with Crippen LogP contribution in [0.15, 0.2) is 36.4 Å². The molecule has 1 atom stereocenters. The van der Waals surface area contributed by atoms with Gasteiger partial charge in [0.05, 0.1) is 39.4 Å². The quantitative estimate of drug-likeness (QED) is 0.763. The van der Waals surface area contributed by atoms with Gasteiger partial charge in [-0.3, -0.25) is 4.79 Å². The van der Waals surface area contributed by atoms with Crippen molar-refractivity contribution in [3.8, 4) is 17.2 Å². The summed E-state index contributed by atoms with van der Waals surface area (Å²) in [6.45, 7) is 1.70. The highest BCUT2D eigenvalue weighted by molar-refractivity contribution is 5.79. The smallest absolute Gasteiger partial charge is 0.416 e. The summed E-state index contributed by atoms with van der Waals surface area (Å²) in [4.78, 5) is 12.4. The molecule has 2 aromatic carbocycles. The number of benzene rings is 2. The van der Waals surface area contributed by atoms with Crippen LogP contribution in [-0.4, -0.2) is 27.2 Å². The molecule has 0 bridgehead atoms. The van der Waals surface area contributed by atoms with E-state index < -0.39 is 17.8 Å². The Bertz CT molecular complexity index is 794. The van der Waals surface area contributed by atoms with Crippen molar-refractivity contribution in [2.24, 2.45) is 0 Å². The summed E-state index contributed by atoms with van der Waals surface area (Å²) in [6, 6.07) is 7.60. The minimum atomic E-state index is -4.39. The summed E-state index contributed by atoms with van der Waals surface area (Å²) in [5.41, 5.74) is 0.491. The number of halogens is 3. The topological polar surface area (TPSA) is 56.8 Å². The molecule has 0 heterocycles. The molecule has 2 aromatic rings. The van der Waals surface area contributed by atoms with Crippen LogP contribution in [0.5, 0.6) is 17.2 Å². The first-order valence-electron chi connectivity index (χ1n) is 8.45. The average Bonchev–Trinajstić information content (AvgIpc) is 2.66. The van der Waals surface area contributed by atoms with Gasteiger partial charge in [-0.25, -0.2) is 0 Å². The van der Waals surface area contributed by atoms with Gasteiger partial charge < -0.3 is 19.5 Å². The number of methoxy groups -OCH3 is 3. The summed E-state index contributed by atoms with van der Waals surface area (Å²) in [5.74, 6) is 0.995. The van der Waals surface area contributed by atoms with E-state index in [2.05, 4.69) is 5.32 Å². The van der Waals surface area contributed by atoms with Crippen LogP contribution >= 0.6 is 0 Å². The van der Waals surface area contributed by atoms with Crippen molar-refractivity contribution < 1.29 is 32.2 Å². The van der Waals surface area contributed by atoms with Crippen LogP contribution < -0.4 is 19.5 Å². The minimum Gasteiger partial charge on any atom is -0.493 e. The highest BCUT2D eigenvalue weighted by Gasteiger charge is 2.30. The molecule has 0 saturated heterocycles. The Kier molecular flexibility index (Phi) is 6.77. The van der Waals surface area contributed by atoms with Crippen LogP contribution in [0.2, 0.25) is 0 Å². The van der Waals surface area contributed by atoms with E-state index >= 15 is 0 Å². The summed E-state index contributed by atoms with van der Waals surface area (Å²) >= 11 is 0. The molecule has 0 spiro atoms. The van der Waals surface area contributed by atoms with Gasteiger partial charge >= 0.3 is 6.18 Å². The Morgan fingerprint density at radius 1 is 1.00 bits per heavy atom. The maximum Gasteiger partial charge on any atom is 0.416 e. The molecule has 0 radical (unpaired) electrons. The van der Waals surface area contributed by atoms with Crippen LogP contribution in [0.1, 0.15) is 29.7 Å². The fraction of sp³-hybridized carbons (Fsp3) is 0.350. The lowest BCUT2D eigenvalue weighted by atomic mass is 10.0. The number of carbonyl (C=O) groups is 1. The number of ether oxygens (including phenoxy) is 3. The van der Waals surface area contributed by atoms with Gasteiger partial charge in [0, 0.05) is 0 Å². The molecule has 8 heteroatoms. The average molecular weight is 397 g/mol. The zero-order valence-corrected chi connectivity index (χ0v) is 16.0. The standard InChI is InChI=1S/C20H22F3NO4/c1-12(14-5-7-15(8-6-14)20(21,22)23)24-18(25)11-13-9-16(26-2)19(28-4)17(10-13)27-3/h5-10,12H,11H2,1-4H3,(H,24,25). The summed E-state index contributed by atoms with van der Waals surface area (Å²) < 4.78 is 53.7. The maximum atomic E-state index is 12.7. The molecular weight excluding hydrogens is 375 g/mol. The van der Waals surface area contributed by atoms with Gasteiger partial charge in [0.1, 0.15) is 0 Å². The lowest BCUT2D eigenvalue weighted by Gasteiger charge is -2.17. The highest BCUT2D eigenvalue weighted by Crippen LogP contribution is 2.38. The second-order valence-electron chi connectivity index (χ2n) is 6.12. The van der Waals surface area contributed by atoms with E-state index in [1.165, 1.54) is 33.5 Å². The van der Waals surface area contributed by atoms with Crippen molar-refractivity contribution in [2.75, 3.05) is 21.3 Å². The minimum absolute atomic E-state index is 0.0433. The first-order chi connectivity index (χ1) is 13.2. The monoisotopic (exact) mass is 397 g/mol. The van der Waals surface area contributed by atoms with Gasteiger partial charge in [-0.2, -0.15) is 13.2 Å². The van der Waals surface area contributed by atoms with Gasteiger partial charge in [-0.15, -0.1) is 0 Å². The molecule has 0 saturated carbocycles. The Hall–Kier alpha value is -2.90. The number of alkyl halides is 3. The molecule has 28 heavy (non-hydrogen) atoms. The number of amides is 1. The van der Waals surface area contributed by atoms with Crippen LogP contribution in [0.3, 0.4) is 0 Å². The molecule has 0 aliphatic rings. The van der Waals surface area contributed by atoms with Gasteiger partial charge in [0.15, 0.2) is 11.5 Å². The Morgan fingerprint density at radius 2 is 1.54 bits per heavy atom. The number of nitrogens with one attached hydrogen (secondary N) is 1. The number of carbonyl (C=O) groups excluding carboxylic acids is 1. The second kappa shape index (κ2) is 8.86. The van der Waals surface area contributed by atoms with Gasteiger partial charge in [-0.05, 0) is 42.3 Å². The van der Waals surface area contributed by atoms with E-state index in [4.69, 9.17) is 14.2 Å². The molecule has 152 valence electrons. The maximum absolute atomic E-state index is 12.7. The van der Waals surface area contributed by atoms with Crippen molar-refractivity contribution in [1.82, 2.24) is 5.32 Å². The fourth-order valence-corrected chi connectivity index (χ4v) is 2.76. The third kappa shape index (κ3) is 5.09. The molecule has 1 amide bonds. The van der Waals surface area contributed by atoms with E-state index in [9.17, 15) is 18.0 Å². The molecule has 1 unspecified atom stereocenters. The predicted octanol–water partition coefficient (Wildman–Crippen LogP) is 4.15. The largest absolute Gasteiger partial charge is 0.493 e. The fourth-order valence-electron chi connectivity index (χ4n) is 2.76. The van der Waals surface area contributed by atoms with E-state index in [1.54, 1.807) is 19.1 Å². The Balaban J connectivity index is 2.09. The van der Waals surface area contributed by atoms with E-state index in [0.717, 1.165) is 12.1 Å². The summed E-state index contributed by atoms with van der Waals surface area (Å²) in [5, 5.41) is 2.77. The SMILES string of the molecule is COc1cc(CC(=O)NC(C)c2ccc(C(F)(F)F)cc2)cc(OC)c1OC. The van der Waals surface area contributed by atoms with Crippen LogP contribution in [0.25, 0.3) is 0 Å². The van der Waals surface area contributed by atoms with E-state index in [-0.39, 0.29) is 12.3 Å². The number of hydrogen-bond donors (Lipinski definition) is 1. The summed E-state index contributed by atoms with van der Waals surface area (Å²) in [7, 11) is 4.44. The van der Waals surface area contributed by atoms with E-state index in [1.807, 2.05) is 0 Å². The van der Waals surface area contributed by atoms with Crippen molar-refractivity contribution >= 4 is 5.91 Å². The van der Waals surface area contributed by atoms with Crippen molar-refractivity contribution in [3.63, 3.8) is 0 Å². The third-order valence-corrected chi connectivity index (χ3v) is 4.20. The molecule has 5 nitrogen and oxygen atoms in total. The van der Waals surface area contributed by atoms with Crippen LogP contribution in [0, 0.1) is 0 Å². The second-order valence-corrected chi connectivity index (χ2v) is 6.12. The first kappa shape index (κ1) is 21.4. The van der Waals surface area contributed by atoms with E-state index in [0.29, 0.717) is 28.4 Å². The molecule has 0 aromatic heterocycles. The highest BCUT2D eigenvalue weighted by atomic mass is 19.4. The molecule has 0 aliphatic heterocycles. The van der Waals surface area contributed by atoms with Crippen LogP contribution in [0.4, 0.5) is 13.2 Å². The van der Waals surface area contributed by atoms with Gasteiger partial charge in [0.25, 0.3) is 0 Å². The number of hydrogen-bond acceptors (Lipinski definition) is 4. The van der Waals surface area contributed by atoms with Crippen LogP contribution in [-0.2, 0) is 17.4 Å². The zero-order valence-electron chi connectivity index (χ0n) is 16.0. The lowest BCUT2D eigenvalue weighted by Crippen LogP contribution is -2.28. The molecule has 1 N–H and O–H groups in total. The molecule has 2 rings (SSSR count). The van der Waals surface area contributed by atoms with Gasteiger partial charge in [-0.1, -0.05) is 12.1 Å². The summed E-state index contributed by atoms with van der Waals surface area (Å²) in [6.07, 6.45) is -4.35. The molecular formula is C20H22F3NO4. The van der Waals surface area contributed by atoms with Crippen molar-refractivity contribution in [1.29, 1.82) is 0 Å². The molecule has 0 fully saturated rings. The predicted molar refractivity (Wildman–Crippen MR) is 97.8 cm³/mol. The van der Waals surface area contributed by atoms with Gasteiger partial charge in [0.2, 0.25) is 11.7 Å². The molecule has 0 aliphatic carbocycles. The third-order valence-electron chi connectivity index (χ3n) is 4.20. The Morgan fingerprint density at radius 3 is 1.96 bits per heavy atom. The zero-order chi connectivity index (χ0) is 20.9. The van der Waals surface area contributed by atoms with Crippen molar-refractivity contribution in [3.05, 3.63) is 53.1 Å². The first-order valence-corrected chi connectivity index (χ1v) is 8.45. The number of rotatable bonds is 7. The Labute approximate surface area is 161 Å². The normalized spacial score (nSPS) is 12.2. The van der Waals surface area contributed by atoms with Crippen molar-refractivity contribution in [2.45, 2.75) is 25.6 Å².